The number of aliphatic hydroxyl groups excluding tert-OH is 1. The highest BCUT2D eigenvalue weighted by Crippen LogP contribution is 2.31. The zero-order chi connectivity index (χ0) is 18.6. The topological polar surface area (TPSA) is 54.1 Å². The molecule has 132 valence electrons. The van der Waals surface area contributed by atoms with Crippen molar-refractivity contribution in [2.75, 3.05) is 25.1 Å². The molecule has 2 rings (SSSR count). The van der Waals surface area contributed by atoms with Crippen LogP contribution < -0.4 is 4.90 Å². The van der Waals surface area contributed by atoms with Crippen molar-refractivity contribution >= 4 is 39.2 Å². The smallest absolute Gasteiger partial charge is 0.336 e. The summed E-state index contributed by atoms with van der Waals surface area (Å²) in [5.41, 5.74) is 0.350. The van der Waals surface area contributed by atoms with E-state index in [1.165, 1.54) is 11.3 Å². The van der Waals surface area contributed by atoms with Crippen LogP contribution in [0.3, 0.4) is 0 Å². The quantitative estimate of drug-likeness (QED) is 0.500. The first-order chi connectivity index (χ1) is 11.7. The monoisotopic (exact) mass is 358 g/mol. The van der Waals surface area contributed by atoms with Gasteiger partial charge in [0, 0.05) is 28.9 Å². The number of thiophene rings is 1. The number of anilines is 1. The average Bonchev–Trinajstić information content (AvgIpc) is 2.92. The Hall–Kier alpha value is -2.36. The largest absolute Gasteiger partial charge is 0.465 e. The van der Waals surface area contributed by atoms with Gasteiger partial charge in [-0.1, -0.05) is 6.07 Å². The lowest BCUT2D eigenvalue weighted by atomic mass is 10.2. The number of nitrogens with zero attached hydrogens (tertiary/aromatic N) is 2. The van der Waals surface area contributed by atoms with Crippen LogP contribution in [0.5, 0.6) is 0 Å². The predicted molar refractivity (Wildman–Crippen MR) is 103 cm³/mol. The van der Waals surface area contributed by atoms with Gasteiger partial charge >= 0.3 is 5.97 Å². The summed E-state index contributed by atoms with van der Waals surface area (Å²) in [7, 11) is 1.92. The summed E-state index contributed by atoms with van der Waals surface area (Å²) in [5.74, 6) is -0.608. The number of fused-ring (bicyclic) bond motifs is 1. The molecule has 1 aromatic heterocycles. The molecule has 25 heavy (non-hydrogen) atoms. The maximum atomic E-state index is 12.1. The number of likely N-dealkylation sites (N-methyl/N-ethyl adjacent to an activating group) is 1. The maximum Gasteiger partial charge on any atom is 0.336 e. The normalized spacial score (nSPS) is 12.1. The van der Waals surface area contributed by atoms with Crippen LogP contribution in [0.1, 0.15) is 25.6 Å². The van der Waals surface area contributed by atoms with E-state index in [1.807, 2.05) is 36.2 Å². The molecule has 0 spiro atoms. The highest BCUT2D eigenvalue weighted by atomic mass is 32.1. The van der Waals surface area contributed by atoms with Crippen molar-refractivity contribution in [2.24, 2.45) is 0 Å². The summed E-state index contributed by atoms with van der Waals surface area (Å²) >= 11 is 1.51. The second-order valence-electron chi connectivity index (χ2n) is 6.66. The Morgan fingerprint density at radius 2 is 2.12 bits per heavy atom. The fraction of sp³-hybridized carbons (Fsp3) is 0.368. The van der Waals surface area contributed by atoms with Crippen molar-refractivity contribution in [3.05, 3.63) is 46.3 Å². The van der Waals surface area contributed by atoms with Crippen molar-refractivity contribution in [1.29, 1.82) is 0 Å². The van der Waals surface area contributed by atoms with E-state index in [0.717, 1.165) is 20.7 Å². The molecule has 0 radical (unpaired) electrons. The van der Waals surface area contributed by atoms with Crippen LogP contribution in [0.25, 0.3) is 21.0 Å². The summed E-state index contributed by atoms with van der Waals surface area (Å²) in [6.45, 7) is 13.2. The number of carbonyl (C=O) groups excluding carboxylic acids is 1. The van der Waals surface area contributed by atoms with Crippen LogP contribution in [-0.2, 0) is 9.53 Å². The zero-order valence-electron chi connectivity index (χ0n) is 14.9. The molecule has 2 aromatic rings. The summed E-state index contributed by atoms with van der Waals surface area (Å²) in [5, 5.41) is 10.1. The van der Waals surface area contributed by atoms with Crippen molar-refractivity contribution in [3.8, 4) is 0 Å². The number of ether oxygens (including phenoxy) is 1. The highest BCUT2D eigenvalue weighted by molar-refractivity contribution is 7.19. The van der Waals surface area contributed by atoms with Crippen LogP contribution in [0.4, 0.5) is 5.69 Å². The van der Waals surface area contributed by atoms with Crippen LogP contribution in [0, 0.1) is 6.57 Å². The lowest BCUT2D eigenvalue weighted by molar-refractivity contribution is -0.149. The first-order valence-corrected chi connectivity index (χ1v) is 8.73. The van der Waals surface area contributed by atoms with E-state index in [-0.39, 0.29) is 12.3 Å². The second kappa shape index (κ2) is 7.68. The van der Waals surface area contributed by atoms with Gasteiger partial charge in [0.05, 0.1) is 13.2 Å². The van der Waals surface area contributed by atoms with E-state index in [2.05, 4.69) is 4.85 Å². The Bertz CT molecular complexity index is 840. The lowest BCUT2D eigenvalue weighted by Crippen LogP contribution is -2.24. The van der Waals surface area contributed by atoms with Gasteiger partial charge in [-0.3, -0.25) is 4.79 Å². The molecule has 5 nitrogen and oxygen atoms in total. The second-order valence-corrected chi connectivity index (χ2v) is 7.77. The lowest BCUT2D eigenvalue weighted by Gasteiger charge is -2.19. The number of esters is 1. The van der Waals surface area contributed by atoms with Crippen molar-refractivity contribution < 1.29 is 14.6 Å². The summed E-state index contributed by atoms with van der Waals surface area (Å²) in [6.07, 6.45) is 1.57. The number of benzene rings is 1. The average molecular weight is 358 g/mol. The molecule has 1 N–H and O–H groups in total. The van der Waals surface area contributed by atoms with Gasteiger partial charge in [-0.15, -0.1) is 11.3 Å². The van der Waals surface area contributed by atoms with Crippen LogP contribution >= 0.6 is 11.3 Å². The minimum absolute atomic E-state index is 0.0286. The fourth-order valence-electron chi connectivity index (χ4n) is 2.23. The number of rotatable bonds is 5. The first-order valence-electron chi connectivity index (χ1n) is 7.91. The van der Waals surface area contributed by atoms with E-state index in [1.54, 1.807) is 26.8 Å². The van der Waals surface area contributed by atoms with Gasteiger partial charge in [-0.2, -0.15) is 0 Å². The van der Waals surface area contributed by atoms with Crippen molar-refractivity contribution in [1.82, 2.24) is 0 Å². The third-order valence-electron chi connectivity index (χ3n) is 3.41. The molecule has 0 unspecified atom stereocenters. The molecule has 0 aliphatic carbocycles. The number of hydrogen-bond donors (Lipinski definition) is 1. The van der Waals surface area contributed by atoms with Gasteiger partial charge in [0.25, 0.3) is 5.70 Å². The Kier molecular flexibility index (Phi) is 5.83. The Morgan fingerprint density at radius 3 is 2.72 bits per heavy atom. The SMILES string of the molecule is [C-]#[N+]/C(=C\c1cc2ccc(N(C)CCO)cc2s1)C(=O)OC(C)(C)C. The maximum absolute atomic E-state index is 12.1. The van der Waals surface area contributed by atoms with E-state index in [9.17, 15) is 4.79 Å². The zero-order valence-corrected chi connectivity index (χ0v) is 15.7. The molecule has 1 aromatic carbocycles. The van der Waals surface area contributed by atoms with Gasteiger partial charge in [-0.25, -0.2) is 4.85 Å². The molecule has 0 aliphatic rings. The molecule has 0 saturated heterocycles. The molecule has 0 aliphatic heterocycles. The molecule has 0 amide bonds. The van der Waals surface area contributed by atoms with E-state index >= 15 is 0 Å². The predicted octanol–water partition coefficient (Wildman–Crippen LogP) is 3.93. The van der Waals surface area contributed by atoms with Crippen molar-refractivity contribution in [3.63, 3.8) is 0 Å². The van der Waals surface area contributed by atoms with Crippen LogP contribution in [0.15, 0.2) is 30.0 Å². The molecule has 0 fully saturated rings. The Morgan fingerprint density at radius 1 is 1.40 bits per heavy atom. The molecule has 0 bridgehead atoms. The van der Waals surface area contributed by atoms with Gasteiger partial charge in [0.15, 0.2) is 0 Å². The minimum Gasteiger partial charge on any atom is -0.465 e. The number of hydrogen-bond acceptors (Lipinski definition) is 5. The van der Waals surface area contributed by atoms with E-state index in [0.29, 0.717) is 6.54 Å². The summed E-state index contributed by atoms with van der Waals surface area (Å²) in [6, 6.07) is 7.97. The van der Waals surface area contributed by atoms with E-state index < -0.39 is 11.6 Å². The molecule has 0 saturated carbocycles. The summed E-state index contributed by atoms with van der Waals surface area (Å²) in [4.78, 5) is 18.2. The molecule has 6 heteroatoms. The molecular formula is C19H22N2O3S. The molecule has 0 atom stereocenters. The number of aliphatic hydroxyl groups is 1. The van der Waals surface area contributed by atoms with Gasteiger partial charge in [0.2, 0.25) is 0 Å². The Balaban J connectivity index is 2.31. The van der Waals surface area contributed by atoms with Gasteiger partial charge in [-0.05, 0) is 50.4 Å². The van der Waals surface area contributed by atoms with Crippen LogP contribution in [-0.4, -0.2) is 36.9 Å². The summed E-state index contributed by atoms with van der Waals surface area (Å²) < 4.78 is 6.33. The van der Waals surface area contributed by atoms with Crippen LogP contribution in [0.2, 0.25) is 0 Å². The molecular weight excluding hydrogens is 336 g/mol. The van der Waals surface area contributed by atoms with Gasteiger partial charge in [0.1, 0.15) is 5.60 Å². The minimum atomic E-state index is -0.632. The third kappa shape index (κ3) is 5.05. The van der Waals surface area contributed by atoms with Gasteiger partial charge < -0.3 is 14.7 Å². The highest BCUT2D eigenvalue weighted by Gasteiger charge is 2.20. The van der Waals surface area contributed by atoms with Crippen molar-refractivity contribution in [2.45, 2.75) is 26.4 Å². The molecule has 1 heterocycles. The fourth-order valence-corrected chi connectivity index (χ4v) is 3.26. The van der Waals surface area contributed by atoms with E-state index in [4.69, 9.17) is 16.4 Å². The Labute approximate surface area is 152 Å². The number of carbonyl (C=O) groups is 1. The third-order valence-corrected chi connectivity index (χ3v) is 4.45. The first kappa shape index (κ1) is 19.0. The standard InChI is InChI=1S/C19H22N2O3S/c1-19(2,3)24-18(23)16(20-4)12-15-10-13-6-7-14(11-17(13)25-15)21(5)8-9-22/h6-7,10-12,22H,8-9H2,1-3,5H3/b16-12-.